The highest BCUT2D eigenvalue weighted by Gasteiger charge is 2.27. The maximum Gasteiger partial charge on any atom is 0.225 e. The molecule has 1 amide bonds. The third-order valence-corrected chi connectivity index (χ3v) is 3.34. The molecule has 4 heteroatoms. The van der Waals surface area contributed by atoms with Crippen molar-refractivity contribution in [1.29, 1.82) is 5.26 Å². The molecule has 0 saturated heterocycles. The van der Waals surface area contributed by atoms with Crippen molar-refractivity contribution in [3.05, 3.63) is 29.8 Å². The van der Waals surface area contributed by atoms with Crippen LogP contribution in [0.4, 0.5) is 0 Å². The van der Waals surface area contributed by atoms with Crippen LogP contribution >= 0.6 is 0 Å². The molecule has 0 unspecified atom stereocenters. The molecule has 0 saturated carbocycles. The molecule has 0 bridgehead atoms. The average molecular weight is 260 g/mol. The van der Waals surface area contributed by atoms with Crippen molar-refractivity contribution in [2.75, 3.05) is 7.11 Å². The van der Waals surface area contributed by atoms with Crippen molar-refractivity contribution in [2.45, 2.75) is 38.6 Å². The summed E-state index contributed by atoms with van der Waals surface area (Å²) in [5, 5.41) is 12.0. The molecule has 19 heavy (non-hydrogen) atoms. The zero-order valence-electron chi connectivity index (χ0n) is 11.7. The number of nitrogens with one attached hydrogen (secondary N) is 1. The number of nitriles is 1. The topological polar surface area (TPSA) is 62.1 Å². The Bertz CT molecular complexity index is 473. The number of nitrogens with zero attached hydrogens (tertiary/aromatic N) is 1. The Hall–Kier alpha value is -2.02. The molecule has 102 valence electrons. The highest BCUT2D eigenvalue weighted by Crippen LogP contribution is 2.19. The zero-order valence-corrected chi connectivity index (χ0v) is 11.7. The van der Waals surface area contributed by atoms with E-state index in [1.165, 1.54) is 0 Å². The highest BCUT2D eigenvalue weighted by atomic mass is 16.5. The van der Waals surface area contributed by atoms with Gasteiger partial charge < -0.3 is 10.1 Å². The lowest BCUT2D eigenvalue weighted by atomic mass is 9.94. The van der Waals surface area contributed by atoms with Crippen LogP contribution in [0.1, 0.15) is 32.3 Å². The number of carbonyl (C=O) groups is 1. The zero-order chi connectivity index (χ0) is 14.3. The van der Waals surface area contributed by atoms with Gasteiger partial charge in [0.05, 0.1) is 19.6 Å². The van der Waals surface area contributed by atoms with Crippen LogP contribution in [-0.4, -0.2) is 18.6 Å². The lowest BCUT2D eigenvalue weighted by Crippen LogP contribution is -2.47. The molecule has 0 aliphatic rings. The standard InChI is InChI=1S/C15H20N2O2/c1-4-15(5-2,11-16)17-14(18)10-12-8-6-7-9-13(12)19-3/h6-9H,4-5,10H2,1-3H3,(H,17,18). The van der Waals surface area contributed by atoms with E-state index in [4.69, 9.17) is 4.74 Å². The Balaban J connectivity index is 2.78. The van der Waals surface area contributed by atoms with Crippen molar-refractivity contribution in [3.63, 3.8) is 0 Å². The second kappa shape index (κ2) is 6.79. The number of amides is 1. The average Bonchev–Trinajstić information content (AvgIpc) is 2.45. The number of para-hydroxylation sites is 1. The molecule has 0 aliphatic carbocycles. The number of ether oxygens (including phenoxy) is 1. The van der Waals surface area contributed by atoms with Gasteiger partial charge in [-0.05, 0) is 18.9 Å². The van der Waals surface area contributed by atoms with Crippen LogP contribution in [0.5, 0.6) is 5.75 Å². The molecular weight excluding hydrogens is 240 g/mol. The van der Waals surface area contributed by atoms with Gasteiger partial charge in [0, 0.05) is 5.56 Å². The first-order valence-corrected chi connectivity index (χ1v) is 6.45. The Labute approximate surface area is 114 Å². The summed E-state index contributed by atoms with van der Waals surface area (Å²) in [4.78, 5) is 12.1. The van der Waals surface area contributed by atoms with Gasteiger partial charge in [0.25, 0.3) is 0 Å². The van der Waals surface area contributed by atoms with E-state index in [0.29, 0.717) is 18.6 Å². The molecule has 0 fully saturated rings. The minimum Gasteiger partial charge on any atom is -0.496 e. The SMILES string of the molecule is CCC(C#N)(CC)NC(=O)Cc1ccccc1OC. The van der Waals surface area contributed by atoms with E-state index in [0.717, 1.165) is 5.56 Å². The monoisotopic (exact) mass is 260 g/mol. The first-order valence-electron chi connectivity index (χ1n) is 6.45. The molecule has 1 aromatic rings. The van der Waals surface area contributed by atoms with Crippen LogP contribution in [0.25, 0.3) is 0 Å². The minimum absolute atomic E-state index is 0.158. The molecule has 0 atom stereocenters. The molecule has 0 heterocycles. The van der Waals surface area contributed by atoms with Crippen LogP contribution in [-0.2, 0) is 11.2 Å². The number of hydrogen-bond donors (Lipinski definition) is 1. The summed E-state index contributed by atoms with van der Waals surface area (Å²) in [6.45, 7) is 3.80. The van der Waals surface area contributed by atoms with E-state index in [-0.39, 0.29) is 12.3 Å². The molecule has 1 rings (SSSR count). The summed E-state index contributed by atoms with van der Waals surface area (Å²) in [5.41, 5.74) is 0.0561. The Morgan fingerprint density at radius 1 is 1.37 bits per heavy atom. The molecule has 1 aromatic carbocycles. The molecule has 0 spiro atoms. The predicted molar refractivity (Wildman–Crippen MR) is 73.8 cm³/mol. The molecule has 4 nitrogen and oxygen atoms in total. The summed E-state index contributed by atoms with van der Waals surface area (Å²) < 4.78 is 5.21. The molecule has 0 aliphatic heterocycles. The van der Waals surface area contributed by atoms with Crippen LogP contribution in [0.2, 0.25) is 0 Å². The first-order chi connectivity index (χ1) is 9.10. The first kappa shape index (κ1) is 15.0. The van der Waals surface area contributed by atoms with Crippen LogP contribution in [0.15, 0.2) is 24.3 Å². The van der Waals surface area contributed by atoms with Crippen molar-refractivity contribution in [3.8, 4) is 11.8 Å². The lowest BCUT2D eigenvalue weighted by Gasteiger charge is -2.25. The normalized spacial score (nSPS) is 10.6. The fourth-order valence-electron chi connectivity index (χ4n) is 1.95. The van der Waals surface area contributed by atoms with E-state index in [1.807, 2.05) is 38.1 Å². The maximum atomic E-state index is 12.1. The third kappa shape index (κ3) is 3.72. The highest BCUT2D eigenvalue weighted by molar-refractivity contribution is 5.80. The van der Waals surface area contributed by atoms with Crippen LogP contribution in [0, 0.1) is 11.3 Å². The van der Waals surface area contributed by atoms with Gasteiger partial charge in [-0.3, -0.25) is 4.79 Å². The van der Waals surface area contributed by atoms with Crippen molar-refractivity contribution in [2.24, 2.45) is 0 Å². The van der Waals surface area contributed by atoms with Gasteiger partial charge in [-0.15, -0.1) is 0 Å². The smallest absolute Gasteiger partial charge is 0.225 e. The molecule has 0 aromatic heterocycles. The summed E-state index contributed by atoms with van der Waals surface area (Å²) in [6, 6.07) is 9.59. The summed E-state index contributed by atoms with van der Waals surface area (Å²) >= 11 is 0. The van der Waals surface area contributed by atoms with E-state index in [2.05, 4.69) is 11.4 Å². The van der Waals surface area contributed by atoms with Gasteiger partial charge in [0.15, 0.2) is 0 Å². The van der Waals surface area contributed by atoms with Crippen LogP contribution in [0.3, 0.4) is 0 Å². The van der Waals surface area contributed by atoms with Crippen molar-refractivity contribution < 1.29 is 9.53 Å². The number of benzene rings is 1. The molecule has 0 radical (unpaired) electrons. The Morgan fingerprint density at radius 3 is 2.53 bits per heavy atom. The number of hydrogen-bond acceptors (Lipinski definition) is 3. The Kier molecular flexibility index (Phi) is 5.37. The van der Waals surface area contributed by atoms with Gasteiger partial charge in [0.1, 0.15) is 11.3 Å². The number of rotatable bonds is 6. The second-order valence-corrected chi connectivity index (χ2v) is 4.44. The van der Waals surface area contributed by atoms with Gasteiger partial charge in [0.2, 0.25) is 5.91 Å². The van der Waals surface area contributed by atoms with Gasteiger partial charge in [-0.2, -0.15) is 5.26 Å². The quantitative estimate of drug-likeness (QED) is 0.854. The summed E-state index contributed by atoms with van der Waals surface area (Å²) in [6.07, 6.45) is 1.41. The minimum atomic E-state index is -0.765. The predicted octanol–water partition coefficient (Wildman–Crippen LogP) is 2.44. The number of methoxy groups -OCH3 is 1. The van der Waals surface area contributed by atoms with Gasteiger partial charge in [-0.1, -0.05) is 32.0 Å². The van der Waals surface area contributed by atoms with Gasteiger partial charge in [-0.25, -0.2) is 0 Å². The third-order valence-electron chi connectivity index (χ3n) is 3.34. The Morgan fingerprint density at radius 2 is 2.00 bits per heavy atom. The molecule has 1 N–H and O–H groups in total. The number of carbonyl (C=O) groups excluding carboxylic acids is 1. The van der Waals surface area contributed by atoms with E-state index >= 15 is 0 Å². The fraction of sp³-hybridized carbons (Fsp3) is 0.467. The second-order valence-electron chi connectivity index (χ2n) is 4.44. The van der Waals surface area contributed by atoms with E-state index in [1.54, 1.807) is 7.11 Å². The summed E-state index contributed by atoms with van der Waals surface area (Å²) in [5.74, 6) is 0.531. The van der Waals surface area contributed by atoms with Crippen LogP contribution < -0.4 is 10.1 Å². The molecular formula is C15H20N2O2. The lowest BCUT2D eigenvalue weighted by molar-refractivity contribution is -0.121. The van der Waals surface area contributed by atoms with Gasteiger partial charge >= 0.3 is 0 Å². The van der Waals surface area contributed by atoms with E-state index < -0.39 is 5.54 Å². The van der Waals surface area contributed by atoms with E-state index in [9.17, 15) is 10.1 Å². The van der Waals surface area contributed by atoms with Crippen molar-refractivity contribution >= 4 is 5.91 Å². The fourth-order valence-corrected chi connectivity index (χ4v) is 1.95. The summed E-state index contributed by atoms with van der Waals surface area (Å²) in [7, 11) is 1.58. The largest absolute Gasteiger partial charge is 0.496 e. The maximum absolute atomic E-state index is 12.1. The van der Waals surface area contributed by atoms with Crippen molar-refractivity contribution in [1.82, 2.24) is 5.32 Å².